The molecule has 0 spiro atoms. The van der Waals surface area contributed by atoms with E-state index in [0.717, 1.165) is 48.8 Å². The number of fused-ring (bicyclic) bond motifs is 1. The summed E-state index contributed by atoms with van der Waals surface area (Å²) in [4.78, 5) is 2.74. The zero-order chi connectivity index (χ0) is 22.3. The van der Waals surface area contributed by atoms with E-state index in [-0.39, 0.29) is 6.04 Å². The van der Waals surface area contributed by atoms with E-state index >= 15 is 0 Å². The number of rotatable bonds is 11. The van der Waals surface area contributed by atoms with Crippen molar-refractivity contribution in [3.8, 4) is 0 Å². The Morgan fingerprint density at radius 1 is 0.839 bits per heavy atom. The van der Waals surface area contributed by atoms with Crippen LogP contribution in [0, 0.1) is 0 Å². The van der Waals surface area contributed by atoms with Gasteiger partial charge in [-0.15, -0.1) is 0 Å². The van der Waals surface area contributed by atoms with E-state index in [1.54, 1.807) is 16.4 Å². The number of hydrogen-bond acceptors (Lipinski definition) is 3. The quantitative estimate of drug-likeness (QED) is 0.395. The highest BCUT2D eigenvalue weighted by atomic mass is 32.2. The average Bonchev–Trinajstić information content (AvgIpc) is 2.80. The highest BCUT2D eigenvalue weighted by molar-refractivity contribution is 7.89. The maximum Gasteiger partial charge on any atom is 0.243 e. The summed E-state index contributed by atoms with van der Waals surface area (Å²) in [7, 11) is -3.63. The van der Waals surface area contributed by atoms with Gasteiger partial charge in [0.05, 0.1) is 4.90 Å². The summed E-state index contributed by atoms with van der Waals surface area (Å²) in [5, 5.41) is 1.99. The van der Waals surface area contributed by atoms with Gasteiger partial charge in [-0.3, -0.25) is 0 Å². The van der Waals surface area contributed by atoms with Crippen molar-refractivity contribution in [2.24, 2.45) is 0 Å². The zero-order valence-corrected chi connectivity index (χ0v) is 19.7. The molecule has 0 aromatic heterocycles. The van der Waals surface area contributed by atoms with Crippen LogP contribution in [-0.4, -0.2) is 43.3 Å². The van der Waals surface area contributed by atoms with Gasteiger partial charge in [-0.05, 0) is 67.9 Å². The third kappa shape index (κ3) is 5.94. The van der Waals surface area contributed by atoms with Crippen LogP contribution >= 0.6 is 0 Å². The van der Waals surface area contributed by atoms with Crippen LogP contribution in [0.15, 0.2) is 77.7 Å². The normalized spacial score (nSPS) is 13.2. The fourth-order valence-electron chi connectivity index (χ4n) is 4.00. The van der Waals surface area contributed by atoms with Crippen LogP contribution in [0.3, 0.4) is 0 Å². The lowest BCUT2D eigenvalue weighted by atomic mass is 10.1. The molecule has 31 heavy (non-hydrogen) atoms. The minimum absolute atomic E-state index is 0.0905. The van der Waals surface area contributed by atoms with Gasteiger partial charge in [-0.2, -0.15) is 4.31 Å². The molecule has 1 atom stereocenters. The molecule has 0 saturated heterocycles. The van der Waals surface area contributed by atoms with Crippen LogP contribution < -0.4 is 0 Å². The number of hydrogen-bond donors (Lipinski definition) is 0. The number of sulfonamides is 1. The Kier molecular flexibility index (Phi) is 8.24. The van der Waals surface area contributed by atoms with Crippen LogP contribution in [0.2, 0.25) is 0 Å². The van der Waals surface area contributed by atoms with E-state index in [1.165, 1.54) is 0 Å². The first-order valence-electron chi connectivity index (χ1n) is 11.2. The van der Waals surface area contributed by atoms with E-state index in [9.17, 15) is 8.42 Å². The Morgan fingerprint density at radius 3 is 2.16 bits per heavy atom. The number of nitrogens with zero attached hydrogens (tertiary/aromatic N) is 2. The predicted octanol–water partition coefficient (Wildman–Crippen LogP) is 5.54. The van der Waals surface area contributed by atoms with E-state index in [4.69, 9.17) is 0 Å². The molecule has 0 bridgehead atoms. The van der Waals surface area contributed by atoms with Gasteiger partial charge in [0.2, 0.25) is 10.0 Å². The average molecular weight is 439 g/mol. The lowest BCUT2D eigenvalue weighted by Gasteiger charge is -2.29. The first kappa shape index (κ1) is 23.5. The molecular weight excluding hydrogens is 404 g/mol. The third-order valence-corrected chi connectivity index (χ3v) is 7.95. The predicted molar refractivity (Wildman–Crippen MR) is 130 cm³/mol. The summed E-state index contributed by atoms with van der Waals surface area (Å²) in [5.74, 6) is 0. The summed E-state index contributed by atoms with van der Waals surface area (Å²) in [6.07, 6.45) is 1.80. The summed E-state index contributed by atoms with van der Waals surface area (Å²) in [6, 6.07) is 23.1. The second kappa shape index (κ2) is 10.9. The van der Waals surface area contributed by atoms with E-state index in [1.807, 2.05) is 67.6 Å². The second-order valence-corrected chi connectivity index (χ2v) is 9.95. The molecule has 0 amide bonds. The van der Waals surface area contributed by atoms with Crippen molar-refractivity contribution in [1.29, 1.82) is 0 Å². The molecule has 3 aromatic rings. The summed E-state index contributed by atoms with van der Waals surface area (Å²) < 4.78 is 29.2. The molecule has 0 radical (unpaired) electrons. The van der Waals surface area contributed by atoms with Crippen LogP contribution in [0.25, 0.3) is 10.8 Å². The molecule has 4 nitrogen and oxygen atoms in total. The van der Waals surface area contributed by atoms with Crippen LogP contribution in [0.4, 0.5) is 0 Å². The Morgan fingerprint density at radius 2 is 1.48 bits per heavy atom. The summed E-state index contributed by atoms with van der Waals surface area (Å²) >= 11 is 0. The van der Waals surface area contributed by atoms with Crippen molar-refractivity contribution >= 4 is 20.8 Å². The molecule has 0 saturated carbocycles. The standard InChI is InChI=1S/C26H34N2O2S/c1-4-27(5-2)19-11-12-22(3)28(21-23-13-7-6-8-14-23)31(29,30)26-18-17-24-15-9-10-16-25(24)20-26/h6-10,13-18,20,22H,4-5,11-12,19,21H2,1-3H3. The first-order chi connectivity index (χ1) is 15.0. The maximum atomic E-state index is 13.7. The van der Waals surface area contributed by atoms with Gasteiger partial charge in [0.25, 0.3) is 0 Å². The van der Waals surface area contributed by atoms with Crippen molar-refractivity contribution in [2.45, 2.75) is 51.1 Å². The summed E-state index contributed by atoms with van der Waals surface area (Å²) in [5.41, 5.74) is 1.00. The molecule has 0 N–H and O–H groups in total. The van der Waals surface area contributed by atoms with E-state index in [0.29, 0.717) is 11.4 Å². The number of benzene rings is 3. The second-order valence-electron chi connectivity index (χ2n) is 8.06. The minimum atomic E-state index is -3.63. The van der Waals surface area contributed by atoms with Crippen molar-refractivity contribution in [1.82, 2.24) is 9.21 Å². The Labute approximate surface area is 187 Å². The molecule has 0 heterocycles. The fraction of sp³-hybridized carbons (Fsp3) is 0.385. The van der Waals surface area contributed by atoms with Crippen molar-refractivity contribution in [3.63, 3.8) is 0 Å². The van der Waals surface area contributed by atoms with Gasteiger partial charge in [-0.25, -0.2) is 8.42 Å². The highest BCUT2D eigenvalue weighted by Gasteiger charge is 2.29. The van der Waals surface area contributed by atoms with Gasteiger partial charge in [0.1, 0.15) is 0 Å². The van der Waals surface area contributed by atoms with Gasteiger partial charge in [0.15, 0.2) is 0 Å². The minimum Gasteiger partial charge on any atom is -0.304 e. The van der Waals surface area contributed by atoms with Crippen molar-refractivity contribution in [3.05, 3.63) is 78.4 Å². The summed E-state index contributed by atoms with van der Waals surface area (Å²) in [6.45, 7) is 9.78. The molecule has 3 aromatic carbocycles. The third-order valence-electron chi connectivity index (χ3n) is 5.99. The molecule has 1 unspecified atom stereocenters. The Hall–Kier alpha value is -2.21. The fourth-order valence-corrected chi connectivity index (χ4v) is 5.68. The maximum absolute atomic E-state index is 13.7. The van der Waals surface area contributed by atoms with E-state index < -0.39 is 10.0 Å². The highest BCUT2D eigenvalue weighted by Crippen LogP contribution is 2.26. The Bertz CT molecular complexity index is 1060. The molecule has 0 aliphatic heterocycles. The van der Waals surface area contributed by atoms with Crippen molar-refractivity contribution in [2.75, 3.05) is 19.6 Å². The molecule has 0 aliphatic carbocycles. The molecule has 3 rings (SSSR count). The van der Waals surface area contributed by atoms with Crippen LogP contribution in [0.1, 0.15) is 39.2 Å². The van der Waals surface area contributed by atoms with E-state index in [2.05, 4.69) is 18.7 Å². The van der Waals surface area contributed by atoms with Gasteiger partial charge < -0.3 is 4.90 Å². The smallest absolute Gasteiger partial charge is 0.243 e. The largest absolute Gasteiger partial charge is 0.304 e. The molecular formula is C26H34N2O2S. The Balaban J connectivity index is 1.87. The first-order valence-corrected chi connectivity index (χ1v) is 12.7. The topological polar surface area (TPSA) is 40.6 Å². The zero-order valence-electron chi connectivity index (χ0n) is 18.9. The molecule has 166 valence electrons. The van der Waals surface area contributed by atoms with Crippen LogP contribution in [0.5, 0.6) is 0 Å². The van der Waals surface area contributed by atoms with Gasteiger partial charge >= 0.3 is 0 Å². The van der Waals surface area contributed by atoms with Crippen molar-refractivity contribution < 1.29 is 8.42 Å². The molecule has 5 heteroatoms. The monoisotopic (exact) mass is 438 g/mol. The van der Waals surface area contributed by atoms with Gasteiger partial charge in [-0.1, -0.05) is 74.5 Å². The molecule has 0 aliphatic rings. The lowest BCUT2D eigenvalue weighted by Crippen LogP contribution is -2.38. The SMILES string of the molecule is CCN(CC)CCCC(C)N(Cc1ccccc1)S(=O)(=O)c1ccc2ccccc2c1. The van der Waals surface area contributed by atoms with Crippen LogP contribution in [-0.2, 0) is 16.6 Å². The lowest BCUT2D eigenvalue weighted by molar-refractivity contribution is 0.265. The van der Waals surface area contributed by atoms with Gasteiger partial charge in [0, 0.05) is 12.6 Å². The molecule has 0 fully saturated rings.